The molecule has 1 saturated heterocycles. The zero-order chi connectivity index (χ0) is 18.6. The molecule has 4 heterocycles. The third-order valence-electron chi connectivity index (χ3n) is 4.70. The second-order valence-electron chi connectivity index (χ2n) is 6.62. The van der Waals surface area contributed by atoms with Gasteiger partial charge in [-0.15, -0.1) is 11.3 Å². The standard InChI is InChI=1S/C19H22N6OS/c1-15-14-27-19(21-15)24-10-7-23(8-11-24)9-12-25-18(26)5-4-17(22-25)16-3-2-6-20-13-16/h2-6,13-14H,7-12H2,1H3. The molecule has 7 nitrogen and oxygen atoms in total. The molecule has 0 unspecified atom stereocenters. The van der Waals surface area contributed by atoms with Crippen LogP contribution in [0, 0.1) is 6.92 Å². The van der Waals surface area contributed by atoms with Crippen molar-refractivity contribution in [2.24, 2.45) is 0 Å². The van der Waals surface area contributed by atoms with E-state index in [2.05, 4.69) is 30.2 Å². The van der Waals surface area contributed by atoms with E-state index in [0.717, 1.165) is 54.8 Å². The molecule has 0 saturated carbocycles. The lowest BCUT2D eigenvalue weighted by molar-refractivity contribution is 0.243. The first-order valence-electron chi connectivity index (χ1n) is 9.07. The summed E-state index contributed by atoms with van der Waals surface area (Å²) in [6, 6.07) is 7.16. The Morgan fingerprint density at radius 2 is 1.96 bits per heavy atom. The van der Waals surface area contributed by atoms with Crippen LogP contribution < -0.4 is 10.5 Å². The highest BCUT2D eigenvalue weighted by atomic mass is 32.1. The summed E-state index contributed by atoms with van der Waals surface area (Å²) in [5.74, 6) is 0. The molecule has 0 amide bonds. The number of hydrogen-bond donors (Lipinski definition) is 0. The first kappa shape index (κ1) is 17.8. The molecule has 0 N–H and O–H groups in total. The molecule has 1 fully saturated rings. The Morgan fingerprint density at radius 3 is 2.67 bits per heavy atom. The van der Waals surface area contributed by atoms with Crippen molar-refractivity contribution in [3.8, 4) is 11.3 Å². The molecule has 140 valence electrons. The van der Waals surface area contributed by atoms with Crippen LogP contribution in [0.5, 0.6) is 0 Å². The predicted octanol–water partition coefficient (Wildman–Crippen LogP) is 1.89. The maximum atomic E-state index is 12.2. The predicted molar refractivity (Wildman–Crippen MR) is 107 cm³/mol. The van der Waals surface area contributed by atoms with E-state index in [1.165, 1.54) is 0 Å². The Morgan fingerprint density at radius 1 is 1.11 bits per heavy atom. The van der Waals surface area contributed by atoms with Crippen LogP contribution in [0.1, 0.15) is 5.69 Å². The number of thiazole rings is 1. The summed E-state index contributed by atoms with van der Waals surface area (Å²) in [6.07, 6.45) is 3.49. The van der Waals surface area contributed by atoms with Gasteiger partial charge in [-0.05, 0) is 25.1 Å². The van der Waals surface area contributed by atoms with Crippen molar-refractivity contribution in [3.05, 3.63) is 58.1 Å². The van der Waals surface area contributed by atoms with Gasteiger partial charge in [-0.1, -0.05) is 0 Å². The minimum absolute atomic E-state index is 0.0699. The molecule has 0 aliphatic carbocycles. The second kappa shape index (κ2) is 7.98. The van der Waals surface area contributed by atoms with E-state index in [9.17, 15) is 4.79 Å². The maximum Gasteiger partial charge on any atom is 0.266 e. The summed E-state index contributed by atoms with van der Waals surface area (Å²) in [6.45, 7) is 7.29. The van der Waals surface area contributed by atoms with E-state index < -0.39 is 0 Å². The Bertz CT molecular complexity index is 946. The molecule has 0 atom stereocenters. The Kier molecular flexibility index (Phi) is 5.26. The zero-order valence-corrected chi connectivity index (χ0v) is 16.1. The van der Waals surface area contributed by atoms with Crippen molar-refractivity contribution < 1.29 is 0 Å². The van der Waals surface area contributed by atoms with Gasteiger partial charge in [0, 0.05) is 62.1 Å². The molecule has 0 spiro atoms. The van der Waals surface area contributed by atoms with Crippen LogP contribution in [0.4, 0.5) is 5.13 Å². The highest BCUT2D eigenvalue weighted by Gasteiger charge is 2.19. The molecule has 1 aliphatic heterocycles. The van der Waals surface area contributed by atoms with Crippen molar-refractivity contribution in [1.82, 2.24) is 24.6 Å². The lowest BCUT2D eigenvalue weighted by atomic mass is 10.2. The summed E-state index contributed by atoms with van der Waals surface area (Å²) in [5.41, 5.74) is 2.70. The summed E-state index contributed by atoms with van der Waals surface area (Å²) in [5, 5.41) is 7.71. The van der Waals surface area contributed by atoms with Crippen LogP contribution in [0.2, 0.25) is 0 Å². The number of pyridine rings is 1. The van der Waals surface area contributed by atoms with Gasteiger partial charge in [-0.2, -0.15) is 5.10 Å². The quantitative estimate of drug-likeness (QED) is 0.671. The summed E-state index contributed by atoms with van der Waals surface area (Å²) in [7, 11) is 0. The van der Waals surface area contributed by atoms with Crippen molar-refractivity contribution in [2.45, 2.75) is 13.5 Å². The molecule has 0 bridgehead atoms. The van der Waals surface area contributed by atoms with Crippen molar-refractivity contribution in [1.29, 1.82) is 0 Å². The Labute approximate surface area is 161 Å². The highest BCUT2D eigenvalue weighted by Crippen LogP contribution is 2.21. The van der Waals surface area contributed by atoms with Gasteiger partial charge in [-0.3, -0.25) is 14.7 Å². The third kappa shape index (κ3) is 4.23. The highest BCUT2D eigenvalue weighted by molar-refractivity contribution is 7.13. The molecular weight excluding hydrogens is 360 g/mol. The van der Waals surface area contributed by atoms with E-state index in [-0.39, 0.29) is 5.56 Å². The van der Waals surface area contributed by atoms with Crippen LogP contribution in [0.3, 0.4) is 0 Å². The van der Waals surface area contributed by atoms with Gasteiger partial charge in [-0.25, -0.2) is 9.67 Å². The van der Waals surface area contributed by atoms with Crippen LogP contribution in [0.25, 0.3) is 11.3 Å². The smallest absolute Gasteiger partial charge is 0.266 e. The lowest BCUT2D eigenvalue weighted by Crippen LogP contribution is -2.47. The fourth-order valence-electron chi connectivity index (χ4n) is 3.16. The van der Waals surface area contributed by atoms with E-state index in [4.69, 9.17) is 0 Å². The van der Waals surface area contributed by atoms with Gasteiger partial charge in [0.05, 0.1) is 17.9 Å². The molecule has 3 aromatic rings. The number of aryl methyl sites for hydroxylation is 1. The Balaban J connectivity index is 1.36. The van der Waals surface area contributed by atoms with Crippen LogP contribution in [-0.2, 0) is 6.54 Å². The van der Waals surface area contributed by atoms with E-state index in [1.807, 2.05) is 19.1 Å². The zero-order valence-electron chi connectivity index (χ0n) is 15.3. The first-order chi connectivity index (χ1) is 13.2. The molecule has 0 radical (unpaired) electrons. The van der Waals surface area contributed by atoms with Gasteiger partial charge in [0.25, 0.3) is 5.56 Å². The van der Waals surface area contributed by atoms with Gasteiger partial charge < -0.3 is 4.90 Å². The molecule has 27 heavy (non-hydrogen) atoms. The molecule has 4 rings (SSSR count). The lowest BCUT2D eigenvalue weighted by Gasteiger charge is -2.34. The number of piperazine rings is 1. The van der Waals surface area contributed by atoms with Crippen molar-refractivity contribution >= 4 is 16.5 Å². The number of hydrogen-bond acceptors (Lipinski definition) is 7. The summed E-state index contributed by atoms with van der Waals surface area (Å²) in [4.78, 5) is 25.6. The SMILES string of the molecule is Cc1csc(N2CCN(CCn3nc(-c4cccnc4)ccc3=O)CC2)n1. The van der Waals surface area contributed by atoms with Gasteiger partial charge in [0.1, 0.15) is 0 Å². The molecule has 0 aromatic carbocycles. The third-order valence-corrected chi connectivity index (χ3v) is 5.72. The molecule has 3 aromatic heterocycles. The minimum Gasteiger partial charge on any atom is -0.346 e. The van der Waals surface area contributed by atoms with E-state index >= 15 is 0 Å². The van der Waals surface area contributed by atoms with Gasteiger partial charge in [0.15, 0.2) is 5.13 Å². The fourth-order valence-corrected chi connectivity index (χ4v) is 4.02. The van der Waals surface area contributed by atoms with Crippen LogP contribution >= 0.6 is 11.3 Å². The van der Waals surface area contributed by atoms with Gasteiger partial charge >= 0.3 is 0 Å². The largest absolute Gasteiger partial charge is 0.346 e. The number of anilines is 1. The number of nitrogens with zero attached hydrogens (tertiary/aromatic N) is 6. The summed E-state index contributed by atoms with van der Waals surface area (Å²) < 4.78 is 1.55. The molecule has 1 aliphatic rings. The normalized spacial score (nSPS) is 15.2. The van der Waals surface area contributed by atoms with E-state index in [0.29, 0.717) is 6.54 Å². The van der Waals surface area contributed by atoms with Crippen molar-refractivity contribution in [2.75, 3.05) is 37.6 Å². The minimum atomic E-state index is -0.0699. The first-order valence-corrected chi connectivity index (χ1v) is 9.95. The topological polar surface area (TPSA) is 67.2 Å². The molecular formula is C19H22N6OS. The van der Waals surface area contributed by atoms with Crippen LogP contribution in [0.15, 0.2) is 46.8 Å². The summed E-state index contributed by atoms with van der Waals surface area (Å²) >= 11 is 1.70. The fraction of sp³-hybridized carbons (Fsp3) is 0.368. The van der Waals surface area contributed by atoms with E-state index in [1.54, 1.807) is 40.5 Å². The van der Waals surface area contributed by atoms with Gasteiger partial charge in [0.2, 0.25) is 0 Å². The monoisotopic (exact) mass is 382 g/mol. The Hall–Kier alpha value is -2.58. The van der Waals surface area contributed by atoms with Crippen LogP contribution in [-0.4, -0.2) is 57.4 Å². The van der Waals surface area contributed by atoms with Crippen molar-refractivity contribution in [3.63, 3.8) is 0 Å². The average Bonchev–Trinajstić information content (AvgIpc) is 3.15. The number of aromatic nitrogens is 4. The second-order valence-corrected chi connectivity index (χ2v) is 7.46. The average molecular weight is 382 g/mol. The number of rotatable bonds is 5. The maximum absolute atomic E-state index is 12.2. The molecule has 8 heteroatoms.